The maximum Gasteiger partial charge on any atom is 0.224 e. The Hall–Kier alpha value is -1.85. The minimum atomic E-state index is 0.457. The molecule has 3 rings (SSSR count). The van der Waals surface area contributed by atoms with Gasteiger partial charge in [0.05, 0.1) is 0 Å². The van der Waals surface area contributed by atoms with E-state index in [1.54, 1.807) is 0 Å². The number of nitrogens with one attached hydrogen (secondary N) is 2. The maximum absolute atomic E-state index is 6.04. The van der Waals surface area contributed by atoms with E-state index in [0.717, 1.165) is 42.6 Å². The fourth-order valence-electron chi connectivity index (χ4n) is 3.41. The molecule has 1 fully saturated rings. The van der Waals surface area contributed by atoms with E-state index in [1.165, 1.54) is 18.4 Å². The van der Waals surface area contributed by atoms with Crippen molar-refractivity contribution in [3.8, 4) is 0 Å². The van der Waals surface area contributed by atoms with Crippen molar-refractivity contribution in [1.29, 1.82) is 0 Å². The predicted octanol–water partition coefficient (Wildman–Crippen LogP) is 3.75. The summed E-state index contributed by atoms with van der Waals surface area (Å²) in [6.45, 7) is 0.997. The van der Waals surface area contributed by atoms with Gasteiger partial charge in [0.25, 0.3) is 0 Å². The summed E-state index contributed by atoms with van der Waals surface area (Å²) in [5.41, 5.74) is 1.29. The van der Waals surface area contributed by atoms with Gasteiger partial charge in [-0.15, -0.1) is 0 Å². The number of aromatic nitrogens is 2. The van der Waals surface area contributed by atoms with Crippen LogP contribution in [0.4, 0.5) is 11.8 Å². The molecule has 26 heavy (non-hydrogen) atoms. The van der Waals surface area contributed by atoms with Crippen molar-refractivity contribution in [2.24, 2.45) is 0 Å². The van der Waals surface area contributed by atoms with Gasteiger partial charge < -0.3 is 15.5 Å². The van der Waals surface area contributed by atoms with Crippen LogP contribution in [0.1, 0.15) is 31.2 Å². The second-order valence-electron chi connectivity index (χ2n) is 7.16. The largest absolute Gasteiger partial charge is 0.363 e. The predicted molar refractivity (Wildman–Crippen MR) is 109 cm³/mol. The third-order valence-corrected chi connectivity index (χ3v) is 5.13. The quantitative estimate of drug-likeness (QED) is 0.774. The first-order valence-electron chi connectivity index (χ1n) is 9.35. The molecule has 0 aliphatic heterocycles. The van der Waals surface area contributed by atoms with E-state index >= 15 is 0 Å². The van der Waals surface area contributed by atoms with Crippen LogP contribution in [0.25, 0.3) is 0 Å². The van der Waals surface area contributed by atoms with Crippen LogP contribution in [0.5, 0.6) is 0 Å². The van der Waals surface area contributed by atoms with Gasteiger partial charge in [0.1, 0.15) is 5.82 Å². The number of nitrogens with zero attached hydrogens (tertiary/aromatic N) is 3. The van der Waals surface area contributed by atoms with E-state index in [9.17, 15) is 0 Å². The van der Waals surface area contributed by atoms with Gasteiger partial charge >= 0.3 is 0 Å². The second-order valence-corrected chi connectivity index (χ2v) is 7.60. The van der Waals surface area contributed by atoms with Gasteiger partial charge in [-0.3, -0.25) is 0 Å². The number of rotatable bonds is 7. The van der Waals surface area contributed by atoms with Gasteiger partial charge in [0, 0.05) is 37.4 Å². The van der Waals surface area contributed by atoms with Crippen LogP contribution in [0.15, 0.2) is 36.5 Å². The van der Waals surface area contributed by atoms with Gasteiger partial charge in [0.2, 0.25) is 5.95 Å². The van der Waals surface area contributed by atoms with Crippen molar-refractivity contribution >= 4 is 23.4 Å². The first kappa shape index (κ1) is 18.9. The zero-order chi connectivity index (χ0) is 18.4. The first-order chi connectivity index (χ1) is 12.6. The minimum absolute atomic E-state index is 0.457. The van der Waals surface area contributed by atoms with E-state index in [0.29, 0.717) is 12.1 Å². The van der Waals surface area contributed by atoms with Crippen LogP contribution < -0.4 is 15.5 Å². The van der Waals surface area contributed by atoms with E-state index in [2.05, 4.69) is 26.7 Å². The molecule has 0 atom stereocenters. The molecule has 1 aromatic heterocycles. The molecule has 1 aliphatic carbocycles. The molecule has 0 bridgehead atoms. The lowest BCUT2D eigenvalue weighted by atomic mass is 9.91. The molecule has 0 amide bonds. The number of benzene rings is 1. The summed E-state index contributed by atoms with van der Waals surface area (Å²) in [6.07, 6.45) is 7.48. The van der Waals surface area contributed by atoms with E-state index < -0.39 is 0 Å². The molecule has 5 nitrogen and oxygen atoms in total. The Morgan fingerprint density at radius 2 is 1.88 bits per heavy atom. The Labute approximate surface area is 161 Å². The third kappa shape index (κ3) is 5.58. The summed E-state index contributed by atoms with van der Waals surface area (Å²) in [6, 6.07) is 11.1. The summed E-state index contributed by atoms with van der Waals surface area (Å²) in [7, 11) is 3.98. The number of hydrogen-bond acceptors (Lipinski definition) is 5. The molecule has 1 heterocycles. The van der Waals surface area contributed by atoms with E-state index in [-0.39, 0.29) is 0 Å². The fourth-order valence-corrected chi connectivity index (χ4v) is 3.62. The average molecular weight is 374 g/mol. The number of anilines is 2. The van der Waals surface area contributed by atoms with Gasteiger partial charge in [-0.1, -0.05) is 23.7 Å². The number of halogens is 1. The van der Waals surface area contributed by atoms with Crippen LogP contribution in [0.2, 0.25) is 5.02 Å². The SMILES string of the molecule is CN(C)c1ccnc(N[C@H]2CC[C@@H](NCCc3cccc(Cl)c3)CC2)n1. The second kappa shape index (κ2) is 9.19. The lowest BCUT2D eigenvalue weighted by Gasteiger charge is -2.30. The highest BCUT2D eigenvalue weighted by molar-refractivity contribution is 6.30. The van der Waals surface area contributed by atoms with Gasteiger partial charge in [0.15, 0.2) is 0 Å². The lowest BCUT2D eigenvalue weighted by molar-refractivity contribution is 0.355. The van der Waals surface area contributed by atoms with Crippen molar-refractivity contribution in [3.63, 3.8) is 0 Å². The summed E-state index contributed by atoms with van der Waals surface area (Å²) in [4.78, 5) is 10.9. The summed E-state index contributed by atoms with van der Waals surface area (Å²) >= 11 is 6.04. The standard InChI is InChI=1S/C20H28ClN5/c1-26(2)19-11-13-23-20(25-19)24-18-8-6-17(7-9-18)22-12-10-15-4-3-5-16(21)14-15/h3-5,11,13-14,17-18,22H,6-10,12H2,1-2H3,(H,23,24,25)/t17-,18+. The smallest absolute Gasteiger partial charge is 0.224 e. The average Bonchev–Trinajstić information content (AvgIpc) is 2.63. The topological polar surface area (TPSA) is 53.1 Å². The highest BCUT2D eigenvalue weighted by Crippen LogP contribution is 2.22. The molecule has 1 saturated carbocycles. The molecule has 0 spiro atoms. The molecule has 2 N–H and O–H groups in total. The summed E-state index contributed by atoms with van der Waals surface area (Å²) < 4.78 is 0. The fraction of sp³-hybridized carbons (Fsp3) is 0.500. The van der Waals surface area contributed by atoms with E-state index in [4.69, 9.17) is 11.6 Å². The van der Waals surface area contributed by atoms with Gasteiger partial charge in [-0.05, 0) is 62.4 Å². The maximum atomic E-state index is 6.04. The zero-order valence-electron chi connectivity index (χ0n) is 15.6. The molecule has 140 valence electrons. The summed E-state index contributed by atoms with van der Waals surface area (Å²) in [5.74, 6) is 1.66. The van der Waals surface area contributed by atoms with Gasteiger partial charge in [-0.25, -0.2) is 4.98 Å². The Bertz CT molecular complexity index is 698. The van der Waals surface area contributed by atoms with Crippen molar-refractivity contribution in [1.82, 2.24) is 15.3 Å². The number of hydrogen-bond donors (Lipinski definition) is 2. The molecule has 0 radical (unpaired) electrons. The molecule has 0 unspecified atom stereocenters. The van der Waals surface area contributed by atoms with Crippen LogP contribution >= 0.6 is 11.6 Å². The molecule has 1 aliphatic rings. The molecular weight excluding hydrogens is 346 g/mol. The molecule has 0 saturated heterocycles. The Morgan fingerprint density at radius 3 is 2.62 bits per heavy atom. The van der Waals surface area contributed by atoms with Crippen LogP contribution in [-0.4, -0.2) is 42.7 Å². The molecule has 6 heteroatoms. The third-order valence-electron chi connectivity index (χ3n) is 4.90. The van der Waals surface area contributed by atoms with Crippen molar-refractivity contribution in [2.75, 3.05) is 30.9 Å². The Kier molecular flexibility index (Phi) is 6.69. The highest BCUT2D eigenvalue weighted by Gasteiger charge is 2.21. The monoisotopic (exact) mass is 373 g/mol. The highest BCUT2D eigenvalue weighted by atomic mass is 35.5. The molecule has 1 aromatic carbocycles. The van der Waals surface area contributed by atoms with Crippen LogP contribution in [-0.2, 0) is 6.42 Å². The minimum Gasteiger partial charge on any atom is -0.363 e. The summed E-state index contributed by atoms with van der Waals surface area (Å²) in [5, 5.41) is 8.00. The van der Waals surface area contributed by atoms with Gasteiger partial charge in [-0.2, -0.15) is 4.98 Å². The van der Waals surface area contributed by atoms with Crippen LogP contribution in [0, 0.1) is 0 Å². The Morgan fingerprint density at radius 1 is 1.12 bits per heavy atom. The van der Waals surface area contributed by atoms with Crippen molar-refractivity contribution in [3.05, 3.63) is 47.1 Å². The van der Waals surface area contributed by atoms with Crippen molar-refractivity contribution < 1.29 is 0 Å². The van der Waals surface area contributed by atoms with E-state index in [1.807, 2.05) is 49.5 Å². The lowest BCUT2D eigenvalue weighted by Crippen LogP contribution is -2.38. The van der Waals surface area contributed by atoms with Crippen molar-refractivity contribution in [2.45, 2.75) is 44.2 Å². The van der Waals surface area contributed by atoms with Crippen LogP contribution in [0.3, 0.4) is 0 Å². The molecule has 2 aromatic rings. The normalized spacial score (nSPS) is 20.0. The Balaban J connectivity index is 1.39. The zero-order valence-corrected chi connectivity index (χ0v) is 16.3. The molecular formula is C20H28ClN5. The first-order valence-corrected chi connectivity index (χ1v) is 9.72.